The summed E-state index contributed by atoms with van der Waals surface area (Å²) < 4.78 is 14.5. The highest BCUT2D eigenvalue weighted by atomic mass is 19.1. The van der Waals surface area contributed by atoms with Crippen LogP contribution in [0, 0.1) is 5.82 Å². The van der Waals surface area contributed by atoms with Crippen LogP contribution in [0.5, 0.6) is 0 Å². The van der Waals surface area contributed by atoms with Gasteiger partial charge in [0.1, 0.15) is 0 Å². The minimum atomic E-state index is -0.180. The lowest BCUT2D eigenvalue weighted by atomic mass is 10.3. The lowest BCUT2D eigenvalue weighted by Gasteiger charge is -1.94. The molecule has 2 nitrogen and oxygen atoms in total. The molecule has 0 bridgehead atoms. The van der Waals surface area contributed by atoms with Gasteiger partial charge in [0.25, 0.3) is 0 Å². The van der Waals surface area contributed by atoms with Crippen molar-refractivity contribution in [2.45, 2.75) is 33.2 Å². The van der Waals surface area contributed by atoms with E-state index < -0.39 is 0 Å². The summed E-state index contributed by atoms with van der Waals surface area (Å²) in [5.41, 5.74) is 0.568. The van der Waals surface area contributed by atoms with E-state index in [1.165, 1.54) is 6.20 Å². The molecule has 0 spiro atoms. The van der Waals surface area contributed by atoms with Crippen LogP contribution in [0.3, 0.4) is 0 Å². The zero-order valence-corrected chi connectivity index (χ0v) is 6.97. The molecule has 0 fully saturated rings. The Morgan fingerprint density at radius 2 is 2.27 bits per heavy atom. The standard InChI is InChI=1S/C8H13FN2/c1-3-5-11-6-7(9)8(4-2)10-11/h6H,3-5H2,1-2H3. The Morgan fingerprint density at radius 1 is 1.55 bits per heavy atom. The summed E-state index contributed by atoms with van der Waals surface area (Å²) in [5.74, 6) is -0.180. The quantitative estimate of drug-likeness (QED) is 0.654. The minimum Gasteiger partial charge on any atom is -0.269 e. The largest absolute Gasteiger partial charge is 0.269 e. The van der Waals surface area contributed by atoms with Gasteiger partial charge in [0.2, 0.25) is 0 Å². The number of halogens is 1. The monoisotopic (exact) mass is 156 g/mol. The van der Waals surface area contributed by atoms with Crippen LogP contribution in [-0.4, -0.2) is 9.78 Å². The van der Waals surface area contributed by atoms with Gasteiger partial charge in [-0.15, -0.1) is 0 Å². The smallest absolute Gasteiger partial charge is 0.164 e. The summed E-state index contributed by atoms with van der Waals surface area (Å²) in [6.45, 7) is 4.75. The van der Waals surface area contributed by atoms with Crippen molar-refractivity contribution in [1.29, 1.82) is 0 Å². The minimum absolute atomic E-state index is 0.180. The molecule has 1 aromatic rings. The molecule has 0 atom stereocenters. The summed E-state index contributed by atoms with van der Waals surface area (Å²) in [6, 6.07) is 0. The third-order valence-corrected chi connectivity index (χ3v) is 1.57. The first-order valence-electron chi connectivity index (χ1n) is 3.99. The molecule has 0 aromatic carbocycles. The fourth-order valence-corrected chi connectivity index (χ4v) is 1.02. The predicted octanol–water partition coefficient (Wildman–Crippen LogP) is 1.99. The SMILES string of the molecule is CCCn1cc(F)c(CC)n1. The molecule has 0 saturated heterocycles. The van der Waals surface area contributed by atoms with Gasteiger partial charge in [-0.05, 0) is 12.8 Å². The average molecular weight is 156 g/mol. The number of hydrogen-bond acceptors (Lipinski definition) is 1. The van der Waals surface area contributed by atoms with Crippen molar-refractivity contribution in [2.24, 2.45) is 0 Å². The van der Waals surface area contributed by atoms with E-state index in [1.54, 1.807) is 4.68 Å². The highest BCUT2D eigenvalue weighted by molar-refractivity contribution is 5.02. The van der Waals surface area contributed by atoms with E-state index in [4.69, 9.17) is 0 Å². The number of rotatable bonds is 3. The van der Waals surface area contributed by atoms with Crippen LogP contribution < -0.4 is 0 Å². The van der Waals surface area contributed by atoms with Gasteiger partial charge < -0.3 is 0 Å². The summed E-state index contributed by atoms with van der Waals surface area (Å²) >= 11 is 0. The van der Waals surface area contributed by atoms with E-state index in [9.17, 15) is 4.39 Å². The van der Waals surface area contributed by atoms with Crippen LogP contribution >= 0.6 is 0 Å². The van der Waals surface area contributed by atoms with Crippen LogP contribution in [0.15, 0.2) is 6.20 Å². The lowest BCUT2D eigenvalue weighted by molar-refractivity contribution is 0.588. The second-order valence-electron chi connectivity index (χ2n) is 2.54. The van der Waals surface area contributed by atoms with E-state index >= 15 is 0 Å². The second-order valence-corrected chi connectivity index (χ2v) is 2.54. The molecule has 1 heterocycles. The van der Waals surface area contributed by atoms with E-state index in [1.807, 2.05) is 13.8 Å². The Bertz CT molecular complexity index is 230. The molecule has 0 N–H and O–H groups in total. The Morgan fingerprint density at radius 3 is 2.73 bits per heavy atom. The van der Waals surface area contributed by atoms with Crippen molar-refractivity contribution < 1.29 is 4.39 Å². The number of aromatic nitrogens is 2. The van der Waals surface area contributed by atoms with Crippen LogP contribution in [0.2, 0.25) is 0 Å². The average Bonchev–Trinajstić information content (AvgIpc) is 2.32. The maximum Gasteiger partial charge on any atom is 0.164 e. The van der Waals surface area contributed by atoms with Gasteiger partial charge in [0.05, 0.1) is 11.9 Å². The van der Waals surface area contributed by atoms with Crippen molar-refractivity contribution in [2.75, 3.05) is 0 Å². The van der Waals surface area contributed by atoms with Crippen LogP contribution in [0.4, 0.5) is 4.39 Å². The van der Waals surface area contributed by atoms with Crippen LogP contribution in [0.1, 0.15) is 26.0 Å². The topological polar surface area (TPSA) is 17.8 Å². The first-order chi connectivity index (χ1) is 5.27. The van der Waals surface area contributed by atoms with E-state index in [0.29, 0.717) is 12.1 Å². The fraction of sp³-hybridized carbons (Fsp3) is 0.625. The Kier molecular flexibility index (Phi) is 2.63. The van der Waals surface area contributed by atoms with E-state index in [0.717, 1.165) is 13.0 Å². The second kappa shape index (κ2) is 3.51. The molecule has 0 aliphatic rings. The van der Waals surface area contributed by atoms with Crippen molar-refractivity contribution in [3.8, 4) is 0 Å². The van der Waals surface area contributed by atoms with Gasteiger partial charge in [-0.25, -0.2) is 4.39 Å². The van der Waals surface area contributed by atoms with Crippen LogP contribution in [-0.2, 0) is 13.0 Å². The predicted molar refractivity (Wildman–Crippen MR) is 41.9 cm³/mol. The molecular formula is C8H13FN2. The van der Waals surface area contributed by atoms with Crippen LogP contribution in [0.25, 0.3) is 0 Å². The molecule has 3 heteroatoms. The third-order valence-electron chi connectivity index (χ3n) is 1.57. The molecule has 1 aromatic heterocycles. The molecule has 0 radical (unpaired) electrons. The van der Waals surface area contributed by atoms with Gasteiger partial charge in [-0.3, -0.25) is 4.68 Å². The zero-order chi connectivity index (χ0) is 8.27. The highest BCUT2D eigenvalue weighted by Gasteiger charge is 2.04. The molecule has 0 unspecified atom stereocenters. The molecular weight excluding hydrogens is 143 g/mol. The number of hydrogen-bond donors (Lipinski definition) is 0. The van der Waals surface area contributed by atoms with Crippen molar-refractivity contribution in [1.82, 2.24) is 9.78 Å². The Hall–Kier alpha value is -0.860. The Balaban J connectivity index is 2.77. The normalized spacial score (nSPS) is 10.5. The van der Waals surface area contributed by atoms with Gasteiger partial charge in [0.15, 0.2) is 5.82 Å². The summed E-state index contributed by atoms with van der Waals surface area (Å²) in [7, 11) is 0. The molecule has 0 aliphatic heterocycles. The summed E-state index contributed by atoms with van der Waals surface area (Å²) in [5, 5.41) is 4.06. The Labute approximate surface area is 66.0 Å². The highest BCUT2D eigenvalue weighted by Crippen LogP contribution is 2.04. The maximum absolute atomic E-state index is 12.9. The van der Waals surface area contributed by atoms with E-state index in [-0.39, 0.29) is 5.82 Å². The fourth-order valence-electron chi connectivity index (χ4n) is 1.02. The molecule has 0 aliphatic carbocycles. The first-order valence-corrected chi connectivity index (χ1v) is 3.99. The molecule has 0 saturated carbocycles. The maximum atomic E-state index is 12.9. The third kappa shape index (κ3) is 1.79. The van der Waals surface area contributed by atoms with E-state index in [2.05, 4.69) is 5.10 Å². The van der Waals surface area contributed by atoms with Gasteiger partial charge >= 0.3 is 0 Å². The van der Waals surface area contributed by atoms with Gasteiger partial charge in [-0.1, -0.05) is 13.8 Å². The van der Waals surface area contributed by atoms with Crippen molar-refractivity contribution >= 4 is 0 Å². The van der Waals surface area contributed by atoms with Gasteiger partial charge in [0, 0.05) is 6.54 Å². The van der Waals surface area contributed by atoms with Crippen molar-refractivity contribution in [3.63, 3.8) is 0 Å². The van der Waals surface area contributed by atoms with Crippen molar-refractivity contribution in [3.05, 3.63) is 17.7 Å². The molecule has 11 heavy (non-hydrogen) atoms. The number of aryl methyl sites for hydroxylation is 2. The molecule has 0 amide bonds. The summed E-state index contributed by atoms with van der Waals surface area (Å²) in [4.78, 5) is 0. The van der Waals surface area contributed by atoms with Gasteiger partial charge in [-0.2, -0.15) is 5.10 Å². The lowest BCUT2D eigenvalue weighted by Crippen LogP contribution is -1.97. The molecule has 1 rings (SSSR count). The number of nitrogens with zero attached hydrogens (tertiary/aromatic N) is 2. The first kappa shape index (κ1) is 8.24. The zero-order valence-electron chi connectivity index (χ0n) is 6.97. The summed E-state index contributed by atoms with van der Waals surface area (Å²) in [6.07, 6.45) is 3.12. The molecule has 62 valence electrons.